The summed E-state index contributed by atoms with van der Waals surface area (Å²) in [5, 5.41) is 10.1. The van der Waals surface area contributed by atoms with Gasteiger partial charge in [0.25, 0.3) is 5.91 Å². The summed E-state index contributed by atoms with van der Waals surface area (Å²) in [6, 6.07) is 11.7. The fourth-order valence-corrected chi connectivity index (χ4v) is 3.01. The third kappa shape index (κ3) is 4.25. The molecule has 7 nitrogen and oxygen atoms in total. The van der Waals surface area contributed by atoms with Crippen LogP contribution >= 0.6 is 0 Å². The van der Waals surface area contributed by atoms with Crippen LogP contribution < -0.4 is 10.6 Å². The molecule has 3 rings (SSSR count). The Bertz CT molecular complexity index is 967. The van der Waals surface area contributed by atoms with Gasteiger partial charge in [0.15, 0.2) is 0 Å². The first-order valence-electron chi connectivity index (χ1n) is 9.00. The van der Waals surface area contributed by atoms with Gasteiger partial charge in [-0.3, -0.25) is 19.3 Å². The minimum absolute atomic E-state index is 0.286. The number of hydrogen-bond acceptors (Lipinski definition) is 4. The third-order valence-corrected chi connectivity index (χ3v) is 4.69. The molecule has 7 heteroatoms. The summed E-state index contributed by atoms with van der Waals surface area (Å²) in [7, 11) is 1.87. The number of amides is 2. The highest BCUT2D eigenvalue weighted by Crippen LogP contribution is 2.16. The average molecular weight is 377 g/mol. The summed E-state index contributed by atoms with van der Waals surface area (Å²) in [5.41, 5.74) is 3.94. The van der Waals surface area contributed by atoms with Crippen LogP contribution in [0.2, 0.25) is 0 Å². The van der Waals surface area contributed by atoms with Gasteiger partial charge in [-0.1, -0.05) is 30.3 Å². The predicted octanol–water partition coefficient (Wildman–Crippen LogP) is 2.22. The molecule has 28 heavy (non-hydrogen) atoms. The summed E-state index contributed by atoms with van der Waals surface area (Å²) < 4.78 is 1.79. The third-order valence-electron chi connectivity index (χ3n) is 4.69. The lowest BCUT2D eigenvalue weighted by Gasteiger charge is -2.19. The number of hydrogen-bond donors (Lipinski definition) is 2. The van der Waals surface area contributed by atoms with E-state index in [1.165, 1.54) is 6.20 Å². The Morgan fingerprint density at radius 2 is 1.86 bits per heavy atom. The van der Waals surface area contributed by atoms with Gasteiger partial charge in [0.05, 0.1) is 11.3 Å². The van der Waals surface area contributed by atoms with Crippen molar-refractivity contribution in [1.29, 1.82) is 0 Å². The molecule has 0 saturated heterocycles. The van der Waals surface area contributed by atoms with Crippen LogP contribution in [-0.2, 0) is 18.4 Å². The standard InChI is InChI=1S/C21H23N5O2/c1-14-18(15(2)26(3)25-14)13-23-21(28)19(16-8-5-4-6-9-16)24-20(27)17-10-7-11-22-12-17/h4-12,19H,13H2,1-3H3,(H,23,28)(H,24,27)/t19-/m1/s1. The molecule has 2 N–H and O–H groups in total. The van der Waals surface area contributed by atoms with Crippen molar-refractivity contribution in [3.05, 3.63) is 82.9 Å². The molecule has 0 saturated carbocycles. The number of rotatable bonds is 6. The molecule has 0 aliphatic heterocycles. The molecular weight excluding hydrogens is 354 g/mol. The van der Waals surface area contributed by atoms with Crippen LogP contribution in [0.3, 0.4) is 0 Å². The first-order valence-corrected chi connectivity index (χ1v) is 9.00. The molecule has 0 aliphatic carbocycles. The second kappa shape index (κ2) is 8.47. The van der Waals surface area contributed by atoms with E-state index in [0.29, 0.717) is 17.7 Å². The molecule has 2 amide bonds. The van der Waals surface area contributed by atoms with Gasteiger partial charge in [-0.25, -0.2) is 0 Å². The quantitative estimate of drug-likeness (QED) is 0.689. The molecule has 1 aromatic carbocycles. The summed E-state index contributed by atoms with van der Waals surface area (Å²) >= 11 is 0. The Morgan fingerprint density at radius 1 is 1.11 bits per heavy atom. The zero-order valence-corrected chi connectivity index (χ0v) is 16.1. The number of benzene rings is 1. The van der Waals surface area contributed by atoms with Gasteiger partial charge in [0.2, 0.25) is 5.91 Å². The zero-order chi connectivity index (χ0) is 20.1. The monoisotopic (exact) mass is 377 g/mol. The van der Waals surface area contributed by atoms with Crippen molar-refractivity contribution in [2.24, 2.45) is 7.05 Å². The van der Waals surface area contributed by atoms with Crippen molar-refractivity contribution in [2.75, 3.05) is 0 Å². The Hall–Kier alpha value is -3.48. The Morgan fingerprint density at radius 3 is 2.46 bits per heavy atom. The normalized spacial score (nSPS) is 11.7. The van der Waals surface area contributed by atoms with Crippen molar-refractivity contribution >= 4 is 11.8 Å². The summed E-state index contributed by atoms with van der Waals surface area (Å²) in [5.74, 6) is -0.642. The van der Waals surface area contributed by atoms with Gasteiger partial charge >= 0.3 is 0 Å². The number of carbonyl (C=O) groups excluding carboxylic acids is 2. The first kappa shape index (κ1) is 19.3. The predicted molar refractivity (Wildman–Crippen MR) is 105 cm³/mol. The molecule has 0 aliphatic rings. The van der Waals surface area contributed by atoms with E-state index in [0.717, 1.165) is 17.0 Å². The van der Waals surface area contributed by atoms with Gasteiger partial charge in [-0.05, 0) is 31.5 Å². The largest absolute Gasteiger partial charge is 0.350 e. The van der Waals surface area contributed by atoms with Gasteiger partial charge in [0, 0.05) is 37.2 Å². The number of nitrogens with one attached hydrogen (secondary N) is 2. The molecular formula is C21H23N5O2. The second-order valence-electron chi connectivity index (χ2n) is 6.55. The molecule has 0 bridgehead atoms. The van der Waals surface area contributed by atoms with Crippen LogP contribution in [0.15, 0.2) is 54.9 Å². The van der Waals surface area contributed by atoms with E-state index in [4.69, 9.17) is 0 Å². The SMILES string of the molecule is Cc1nn(C)c(C)c1CNC(=O)[C@H](NC(=O)c1cccnc1)c1ccccc1. The van der Waals surface area contributed by atoms with Crippen molar-refractivity contribution in [3.63, 3.8) is 0 Å². The number of carbonyl (C=O) groups is 2. The second-order valence-corrected chi connectivity index (χ2v) is 6.55. The summed E-state index contributed by atoms with van der Waals surface area (Å²) in [4.78, 5) is 29.5. The van der Waals surface area contributed by atoms with Crippen molar-refractivity contribution in [2.45, 2.75) is 26.4 Å². The van der Waals surface area contributed by atoms with Crippen LogP contribution in [-0.4, -0.2) is 26.6 Å². The van der Waals surface area contributed by atoms with Crippen molar-refractivity contribution < 1.29 is 9.59 Å². The van der Waals surface area contributed by atoms with Crippen LogP contribution in [0.25, 0.3) is 0 Å². The van der Waals surface area contributed by atoms with Gasteiger partial charge in [-0.15, -0.1) is 0 Å². The molecule has 2 aromatic heterocycles. The average Bonchev–Trinajstić information content (AvgIpc) is 2.96. The fraction of sp³-hybridized carbons (Fsp3) is 0.238. The highest BCUT2D eigenvalue weighted by atomic mass is 16.2. The summed E-state index contributed by atoms with van der Waals surface area (Å²) in [6.07, 6.45) is 3.06. The molecule has 0 radical (unpaired) electrons. The fourth-order valence-electron chi connectivity index (χ4n) is 3.01. The molecule has 144 valence electrons. The Balaban J connectivity index is 1.78. The maximum absolute atomic E-state index is 12.9. The number of pyridine rings is 1. The summed E-state index contributed by atoms with van der Waals surface area (Å²) in [6.45, 7) is 4.21. The lowest BCUT2D eigenvalue weighted by molar-refractivity contribution is -0.123. The Kier molecular flexibility index (Phi) is 5.84. The molecule has 0 fully saturated rings. The molecule has 3 aromatic rings. The lowest BCUT2D eigenvalue weighted by atomic mass is 10.1. The van der Waals surface area contributed by atoms with E-state index in [1.54, 1.807) is 23.0 Å². The van der Waals surface area contributed by atoms with Crippen LogP contribution in [0.5, 0.6) is 0 Å². The van der Waals surface area contributed by atoms with E-state index < -0.39 is 6.04 Å². The van der Waals surface area contributed by atoms with E-state index in [2.05, 4.69) is 20.7 Å². The highest BCUT2D eigenvalue weighted by molar-refractivity contribution is 5.97. The topological polar surface area (TPSA) is 88.9 Å². The molecule has 0 unspecified atom stereocenters. The van der Waals surface area contributed by atoms with Crippen LogP contribution in [0, 0.1) is 13.8 Å². The zero-order valence-electron chi connectivity index (χ0n) is 16.1. The first-order chi connectivity index (χ1) is 13.5. The molecule has 1 atom stereocenters. The lowest BCUT2D eigenvalue weighted by Crippen LogP contribution is -2.40. The smallest absolute Gasteiger partial charge is 0.253 e. The molecule has 0 spiro atoms. The number of aromatic nitrogens is 3. The number of nitrogens with zero attached hydrogens (tertiary/aromatic N) is 3. The number of aryl methyl sites for hydroxylation is 2. The van der Waals surface area contributed by atoms with Gasteiger partial charge in [-0.2, -0.15) is 5.10 Å². The van der Waals surface area contributed by atoms with E-state index in [-0.39, 0.29) is 11.8 Å². The minimum atomic E-state index is -0.814. The maximum Gasteiger partial charge on any atom is 0.253 e. The van der Waals surface area contributed by atoms with Crippen LogP contribution in [0.1, 0.15) is 38.9 Å². The van der Waals surface area contributed by atoms with Crippen LogP contribution in [0.4, 0.5) is 0 Å². The van der Waals surface area contributed by atoms with E-state index in [1.807, 2.05) is 51.2 Å². The Labute approximate surface area is 163 Å². The van der Waals surface area contributed by atoms with Gasteiger partial charge < -0.3 is 10.6 Å². The van der Waals surface area contributed by atoms with Gasteiger partial charge in [0.1, 0.15) is 6.04 Å². The van der Waals surface area contributed by atoms with E-state index >= 15 is 0 Å². The molecule has 2 heterocycles. The highest BCUT2D eigenvalue weighted by Gasteiger charge is 2.24. The van der Waals surface area contributed by atoms with Crippen molar-refractivity contribution in [1.82, 2.24) is 25.4 Å². The maximum atomic E-state index is 12.9. The van der Waals surface area contributed by atoms with Crippen molar-refractivity contribution in [3.8, 4) is 0 Å². The minimum Gasteiger partial charge on any atom is -0.350 e. The van der Waals surface area contributed by atoms with E-state index in [9.17, 15) is 9.59 Å².